The monoisotopic (exact) mass is 365 g/mol. The molecule has 0 saturated heterocycles. The third kappa shape index (κ3) is 5.27. The van der Waals surface area contributed by atoms with E-state index in [0.29, 0.717) is 18.3 Å². The van der Waals surface area contributed by atoms with Crippen molar-refractivity contribution < 1.29 is 4.74 Å². The Hall–Kier alpha value is -3.42. The van der Waals surface area contributed by atoms with Crippen molar-refractivity contribution in [1.29, 1.82) is 0 Å². The van der Waals surface area contributed by atoms with Crippen LogP contribution in [0.15, 0.2) is 53.7 Å². The van der Waals surface area contributed by atoms with Crippen LogP contribution in [-0.2, 0) is 13.0 Å². The average Bonchev–Trinajstić information content (AvgIpc) is 3.20. The van der Waals surface area contributed by atoms with Gasteiger partial charge in [-0.2, -0.15) is 5.10 Å². The Bertz CT molecular complexity index is 859. The Morgan fingerprint density at radius 2 is 2.00 bits per heavy atom. The average molecular weight is 365 g/mol. The van der Waals surface area contributed by atoms with Crippen molar-refractivity contribution in [3.8, 4) is 17.1 Å². The Morgan fingerprint density at radius 1 is 1.15 bits per heavy atom. The predicted octanol–water partition coefficient (Wildman–Crippen LogP) is 1.78. The Morgan fingerprint density at radius 3 is 2.70 bits per heavy atom. The molecule has 2 aromatic heterocycles. The summed E-state index contributed by atoms with van der Waals surface area (Å²) in [5.74, 6) is 2.88. The van der Waals surface area contributed by atoms with Gasteiger partial charge in [0, 0.05) is 37.5 Å². The largest absolute Gasteiger partial charge is 0.497 e. The maximum atomic E-state index is 5.17. The number of aromatic nitrogens is 4. The zero-order valence-electron chi connectivity index (χ0n) is 15.4. The van der Waals surface area contributed by atoms with Gasteiger partial charge < -0.3 is 15.4 Å². The van der Waals surface area contributed by atoms with Crippen LogP contribution in [0.1, 0.15) is 11.5 Å². The molecular weight excluding hydrogens is 342 g/mol. The molecular formula is C19H23N7O. The lowest BCUT2D eigenvalue weighted by Gasteiger charge is -2.10. The van der Waals surface area contributed by atoms with Gasteiger partial charge in [-0.3, -0.25) is 15.1 Å². The fourth-order valence-electron chi connectivity index (χ4n) is 2.49. The highest BCUT2D eigenvalue weighted by molar-refractivity contribution is 5.79. The van der Waals surface area contributed by atoms with Crippen molar-refractivity contribution in [2.24, 2.45) is 4.99 Å². The molecule has 0 fully saturated rings. The summed E-state index contributed by atoms with van der Waals surface area (Å²) in [5, 5.41) is 13.7. The fourth-order valence-corrected chi connectivity index (χ4v) is 2.49. The van der Waals surface area contributed by atoms with Crippen molar-refractivity contribution in [3.63, 3.8) is 0 Å². The number of aliphatic imine (C=N–C) groups is 1. The van der Waals surface area contributed by atoms with Crippen LogP contribution >= 0.6 is 0 Å². The molecule has 3 N–H and O–H groups in total. The first-order valence-electron chi connectivity index (χ1n) is 8.68. The van der Waals surface area contributed by atoms with Crippen molar-refractivity contribution in [1.82, 2.24) is 30.8 Å². The minimum absolute atomic E-state index is 0.492. The molecule has 0 aliphatic carbocycles. The topological polar surface area (TPSA) is 100 Å². The number of benzene rings is 1. The third-order valence-electron chi connectivity index (χ3n) is 3.93. The maximum Gasteiger partial charge on any atom is 0.191 e. The van der Waals surface area contributed by atoms with Gasteiger partial charge in [0.2, 0.25) is 0 Å². The summed E-state index contributed by atoms with van der Waals surface area (Å²) >= 11 is 0. The van der Waals surface area contributed by atoms with Crippen molar-refractivity contribution in [3.05, 3.63) is 60.2 Å². The second-order valence-corrected chi connectivity index (χ2v) is 5.76. The van der Waals surface area contributed by atoms with E-state index >= 15 is 0 Å². The number of hydrogen-bond acceptors (Lipinski definition) is 5. The number of hydrogen-bond donors (Lipinski definition) is 3. The van der Waals surface area contributed by atoms with Crippen LogP contribution in [0.3, 0.4) is 0 Å². The van der Waals surface area contributed by atoms with Crippen molar-refractivity contribution >= 4 is 5.96 Å². The molecule has 0 amide bonds. The minimum Gasteiger partial charge on any atom is -0.497 e. The SMILES string of the molecule is CN=C(NCCc1ccccn1)NCc1nc(-c2ccc(OC)cc2)n[nH]1. The molecule has 1 aromatic carbocycles. The summed E-state index contributed by atoms with van der Waals surface area (Å²) in [5.41, 5.74) is 1.97. The number of H-pyrrole nitrogens is 1. The van der Waals surface area contributed by atoms with Gasteiger partial charge in [-0.1, -0.05) is 6.07 Å². The van der Waals surface area contributed by atoms with Gasteiger partial charge in [0.15, 0.2) is 11.8 Å². The smallest absolute Gasteiger partial charge is 0.191 e. The number of nitrogens with one attached hydrogen (secondary N) is 3. The molecule has 27 heavy (non-hydrogen) atoms. The van der Waals surface area contributed by atoms with Crippen LogP contribution in [0.25, 0.3) is 11.4 Å². The number of ether oxygens (including phenoxy) is 1. The van der Waals surface area contributed by atoms with Gasteiger partial charge >= 0.3 is 0 Å². The zero-order chi connectivity index (χ0) is 18.9. The van der Waals surface area contributed by atoms with E-state index in [4.69, 9.17) is 4.74 Å². The maximum absolute atomic E-state index is 5.17. The summed E-state index contributed by atoms with van der Waals surface area (Å²) in [6, 6.07) is 13.5. The quantitative estimate of drug-likeness (QED) is 0.436. The van der Waals surface area contributed by atoms with Crippen LogP contribution in [0.4, 0.5) is 0 Å². The fraction of sp³-hybridized carbons (Fsp3) is 0.263. The van der Waals surface area contributed by atoms with E-state index in [9.17, 15) is 0 Å². The van der Waals surface area contributed by atoms with E-state index in [1.165, 1.54) is 0 Å². The molecule has 3 rings (SSSR count). The first-order valence-corrected chi connectivity index (χ1v) is 8.68. The molecule has 0 atom stereocenters. The molecule has 2 heterocycles. The van der Waals surface area contributed by atoms with Gasteiger partial charge in [-0.15, -0.1) is 0 Å². The lowest BCUT2D eigenvalue weighted by atomic mass is 10.2. The lowest BCUT2D eigenvalue weighted by Crippen LogP contribution is -2.38. The highest BCUT2D eigenvalue weighted by Crippen LogP contribution is 2.18. The predicted molar refractivity (Wildman–Crippen MR) is 105 cm³/mol. The molecule has 8 heteroatoms. The summed E-state index contributed by atoms with van der Waals surface area (Å²) in [6.07, 6.45) is 2.62. The summed E-state index contributed by atoms with van der Waals surface area (Å²) < 4.78 is 5.17. The van der Waals surface area contributed by atoms with E-state index < -0.39 is 0 Å². The highest BCUT2D eigenvalue weighted by Gasteiger charge is 2.07. The van der Waals surface area contributed by atoms with Crippen LogP contribution in [0, 0.1) is 0 Å². The molecule has 0 unspecified atom stereocenters. The molecule has 0 aliphatic heterocycles. The normalized spacial score (nSPS) is 11.3. The second-order valence-electron chi connectivity index (χ2n) is 5.76. The molecule has 0 spiro atoms. The lowest BCUT2D eigenvalue weighted by molar-refractivity contribution is 0.415. The standard InChI is InChI=1S/C19H23N7O/c1-20-19(22-12-10-15-5-3-4-11-21-15)23-13-17-24-18(26-25-17)14-6-8-16(27-2)9-7-14/h3-9,11H,10,12-13H2,1-2H3,(H2,20,22,23)(H,24,25,26). The third-order valence-corrected chi connectivity index (χ3v) is 3.93. The van der Waals surface area contributed by atoms with E-state index in [2.05, 4.69) is 35.8 Å². The first-order chi connectivity index (χ1) is 13.3. The minimum atomic E-state index is 0.492. The van der Waals surface area contributed by atoms with Crippen molar-refractivity contribution in [2.75, 3.05) is 20.7 Å². The number of methoxy groups -OCH3 is 1. The van der Waals surface area contributed by atoms with Gasteiger partial charge in [0.25, 0.3) is 0 Å². The van der Waals surface area contributed by atoms with E-state index in [1.807, 2.05) is 42.5 Å². The van der Waals surface area contributed by atoms with Gasteiger partial charge in [-0.05, 0) is 36.4 Å². The van der Waals surface area contributed by atoms with Crippen LogP contribution in [0.5, 0.6) is 5.75 Å². The molecule has 8 nitrogen and oxygen atoms in total. The van der Waals surface area contributed by atoms with E-state index in [0.717, 1.165) is 35.8 Å². The molecule has 0 radical (unpaired) electrons. The Labute approximate surface area is 158 Å². The van der Waals surface area contributed by atoms with Crippen LogP contribution in [-0.4, -0.2) is 46.8 Å². The van der Waals surface area contributed by atoms with Crippen LogP contribution in [0.2, 0.25) is 0 Å². The number of pyridine rings is 1. The Balaban J connectivity index is 1.49. The number of aromatic amines is 1. The summed E-state index contributed by atoms with van der Waals surface area (Å²) in [4.78, 5) is 13.0. The number of nitrogens with zero attached hydrogens (tertiary/aromatic N) is 4. The molecule has 140 valence electrons. The second kappa shape index (κ2) is 9.33. The van der Waals surface area contributed by atoms with Crippen LogP contribution < -0.4 is 15.4 Å². The number of guanidine groups is 1. The molecule has 3 aromatic rings. The van der Waals surface area contributed by atoms with E-state index in [1.54, 1.807) is 20.4 Å². The van der Waals surface area contributed by atoms with E-state index in [-0.39, 0.29) is 0 Å². The summed E-state index contributed by atoms with van der Waals surface area (Å²) in [7, 11) is 3.38. The van der Waals surface area contributed by atoms with Gasteiger partial charge in [-0.25, -0.2) is 4.98 Å². The molecule has 0 aliphatic rings. The Kier molecular flexibility index (Phi) is 6.35. The van der Waals surface area contributed by atoms with Gasteiger partial charge in [0.1, 0.15) is 11.6 Å². The van der Waals surface area contributed by atoms with Crippen molar-refractivity contribution in [2.45, 2.75) is 13.0 Å². The number of rotatable bonds is 7. The summed E-state index contributed by atoms with van der Waals surface area (Å²) in [6.45, 7) is 1.23. The zero-order valence-corrected chi connectivity index (χ0v) is 15.4. The molecule has 0 bridgehead atoms. The first kappa shape index (κ1) is 18.4. The van der Waals surface area contributed by atoms with Gasteiger partial charge in [0.05, 0.1) is 13.7 Å². The molecule has 0 saturated carbocycles. The highest BCUT2D eigenvalue weighted by atomic mass is 16.5.